The number of anilines is 1. The number of aliphatic imine (C=N–C) groups is 1. The Morgan fingerprint density at radius 1 is 1.11 bits per heavy atom. The second-order valence-corrected chi connectivity index (χ2v) is 14.4. The molecule has 1 aromatic carbocycles. The van der Waals surface area contributed by atoms with Crippen molar-refractivity contribution in [1.82, 2.24) is 35.3 Å². The highest BCUT2D eigenvalue weighted by atomic mass is 16.2. The van der Waals surface area contributed by atoms with Gasteiger partial charge in [0.25, 0.3) is 0 Å². The number of rotatable bonds is 9. The van der Waals surface area contributed by atoms with E-state index in [4.69, 9.17) is 0 Å². The van der Waals surface area contributed by atoms with Crippen LogP contribution in [-0.2, 0) is 9.59 Å². The van der Waals surface area contributed by atoms with E-state index in [1.807, 2.05) is 94.5 Å². The number of likely N-dealkylation sites (N-methyl/N-ethyl adjacent to an activating group) is 1. The number of fused-ring (bicyclic) bond motifs is 1. The number of benzene rings is 1. The molecule has 3 N–H and O–H groups in total. The maximum atomic E-state index is 13.7. The third kappa shape index (κ3) is 14.2. The number of amides is 2. The van der Waals surface area contributed by atoms with Crippen LogP contribution in [0, 0.1) is 5.92 Å². The zero-order valence-corrected chi connectivity index (χ0v) is 35.6. The minimum atomic E-state index is -0.811. The molecule has 1 saturated heterocycles. The summed E-state index contributed by atoms with van der Waals surface area (Å²) in [6.45, 7) is 22.5. The number of likely N-dealkylation sites (tertiary alicyclic amines) is 1. The second-order valence-electron chi connectivity index (χ2n) is 14.4. The Hall–Kier alpha value is -5.00. The van der Waals surface area contributed by atoms with Crippen LogP contribution >= 0.6 is 0 Å². The number of aromatic nitrogens is 4. The molecule has 2 fully saturated rings. The average molecular weight is 778 g/mol. The lowest BCUT2D eigenvalue weighted by atomic mass is 9.87. The van der Waals surface area contributed by atoms with Crippen molar-refractivity contribution in [3.63, 3.8) is 0 Å². The molecule has 2 aliphatic heterocycles. The van der Waals surface area contributed by atoms with Crippen LogP contribution in [0.3, 0.4) is 0 Å². The van der Waals surface area contributed by atoms with Crippen LogP contribution in [0.1, 0.15) is 104 Å². The van der Waals surface area contributed by atoms with Gasteiger partial charge in [0.15, 0.2) is 0 Å². The van der Waals surface area contributed by atoms with Crippen molar-refractivity contribution in [3.8, 4) is 0 Å². The largest absolute Gasteiger partial charge is 0.337 e. The quantitative estimate of drug-likeness (QED) is 0.185. The zero-order valence-electron chi connectivity index (χ0n) is 35.6. The molecule has 1 aliphatic carbocycles. The first kappa shape index (κ1) is 46.4. The van der Waals surface area contributed by atoms with E-state index in [-0.39, 0.29) is 18.4 Å². The Bertz CT molecular complexity index is 1860. The minimum absolute atomic E-state index is 0.0497. The number of carbonyl (C=O) groups excluding carboxylic acids is 2. The number of allylic oxidation sites excluding steroid dienone is 6. The maximum absolute atomic E-state index is 13.7. The molecule has 1 unspecified atom stereocenters. The molecule has 3 aromatic rings. The Morgan fingerprint density at radius 3 is 2.47 bits per heavy atom. The summed E-state index contributed by atoms with van der Waals surface area (Å²) in [6, 6.07) is 5.72. The van der Waals surface area contributed by atoms with Crippen LogP contribution in [0.4, 0.5) is 5.69 Å². The highest BCUT2D eigenvalue weighted by Gasteiger charge is 2.41. The highest BCUT2D eigenvalue weighted by molar-refractivity contribution is 6.00. The van der Waals surface area contributed by atoms with Crippen molar-refractivity contribution in [2.45, 2.75) is 98.4 Å². The van der Waals surface area contributed by atoms with Gasteiger partial charge in [-0.3, -0.25) is 24.6 Å². The summed E-state index contributed by atoms with van der Waals surface area (Å²) in [6.07, 6.45) is 25.3. The van der Waals surface area contributed by atoms with E-state index >= 15 is 0 Å². The van der Waals surface area contributed by atoms with Gasteiger partial charge in [0.2, 0.25) is 11.8 Å². The number of carbonyl (C=O) groups is 2. The molecule has 6 rings (SSSR count). The van der Waals surface area contributed by atoms with E-state index in [9.17, 15) is 9.59 Å². The van der Waals surface area contributed by atoms with E-state index < -0.39 is 5.54 Å². The third-order valence-corrected chi connectivity index (χ3v) is 9.88. The van der Waals surface area contributed by atoms with Gasteiger partial charge in [-0.15, -0.1) is 0 Å². The maximum Gasteiger partial charge on any atom is 0.246 e. The number of nitrogens with one attached hydrogen (secondary N) is 3. The van der Waals surface area contributed by atoms with Gasteiger partial charge >= 0.3 is 0 Å². The van der Waals surface area contributed by atoms with E-state index in [1.165, 1.54) is 36.9 Å². The number of H-pyrrole nitrogens is 1. The smallest absolute Gasteiger partial charge is 0.246 e. The van der Waals surface area contributed by atoms with Gasteiger partial charge in [-0.2, -0.15) is 5.10 Å². The van der Waals surface area contributed by atoms with E-state index in [2.05, 4.69) is 80.0 Å². The number of hydrogen-bond acceptors (Lipinski definition) is 8. The van der Waals surface area contributed by atoms with E-state index in [0.717, 1.165) is 65.9 Å². The average Bonchev–Trinajstić information content (AvgIpc) is 4.00. The van der Waals surface area contributed by atoms with Crippen molar-refractivity contribution >= 4 is 46.8 Å². The lowest BCUT2D eigenvalue weighted by Crippen LogP contribution is -2.63. The van der Waals surface area contributed by atoms with Gasteiger partial charge in [-0.1, -0.05) is 71.1 Å². The summed E-state index contributed by atoms with van der Waals surface area (Å²) in [5, 5.41) is 14.7. The van der Waals surface area contributed by atoms with Crippen molar-refractivity contribution < 1.29 is 9.59 Å². The molecule has 11 nitrogen and oxygen atoms in total. The molecule has 1 atom stereocenters. The molecule has 11 heteroatoms. The first-order valence-corrected chi connectivity index (χ1v) is 20.7. The standard InChI is InChI=1S/C34H42N8O2.C7H11N.C3H8.C2H6/c1-4-9-30-29-18-28(13-14-31(29)40-39-30)38-33(44)34(35-3)15-8-16-41(23-34)22-32(43)42-17-6-5-11-26(12-7-10-25(2)21-42)27-19-36-24-37-20-27;1-3-7(8-2)6-4-5-6;1-3-2;1-2/h4,7,9-11,13-14,18-20,24,35H,2,5-6,8,12,15-17,21-23H2,1,3H3,(H,38,44)(H,39,40);3,6H,2,4-5H2,1H3;3H2,1-2H3;1-2H3/b9-4+,10-7-,26-11+;7-3-;;. The second kappa shape index (κ2) is 24.6. The van der Waals surface area contributed by atoms with Gasteiger partial charge in [0, 0.05) is 60.3 Å². The molecule has 2 aromatic heterocycles. The Labute approximate surface area is 341 Å². The fraction of sp³-hybridized carbons (Fsp3) is 0.478. The van der Waals surface area contributed by atoms with Crippen LogP contribution in [0.25, 0.3) is 22.6 Å². The monoisotopic (exact) mass is 778 g/mol. The van der Waals surface area contributed by atoms with Crippen LogP contribution in [0.2, 0.25) is 0 Å². The van der Waals surface area contributed by atoms with Gasteiger partial charge in [0.05, 0.1) is 17.8 Å². The summed E-state index contributed by atoms with van der Waals surface area (Å²) in [4.78, 5) is 43.6. The summed E-state index contributed by atoms with van der Waals surface area (Å²) in [7, 11) is 1.82. The molecule has 2 amide bonds. The molecule has 1 saturated carbocycles. The number of piperidine rings is 1. The van der Waals surface area contributed by atoms with Crippen LogP contribution < -0.4 is 10.6 Å². The first-order chi connectivity index (χ1) is 27.7. The molecule has 308 valence electrons. The van der Waals surface area contributed by atoms with Gasteiger partial charge in [-0.05, 0) is 115 Å². The predicted molar refractivity (Wildman–Crippen MR) is 239 cm³/mol. The molecule has 57 heavy (non-hydrogen) atoms. The van der Waals surface area contributed by atoms with Crippen LogP contribution in [0.15, 0.2) is 90.1 Å². The van der Waals surface area contributed by atoms with Crippen LogP contribution in [-0.4, -0.2) is 93.8 Å². The number of nitrogens with zero attached hydrogens (tertiary/aromatic N) is 6. The molecule has 0 spiro atoms. The molecule has 4 heterocycles. The van der Waals surface area contributed by atoms with Gasteiger partial charge in [0.1, 0.15) is 11.9 Å². The van der Waals surface area contributed by atoms with E-state index in [1.54, 1.807) is 0 Å². The minimum Gasteiger partial charge on any atom is -0.337 e. The predicted octanol–water partition coefficient (Wildman–Crippen LogP) is 9.03. The lowest BCUT2D eigenvalue weighted by molar-refractivity contribution is -0.134. The topological polar surface area (TPSA) is 132 Å². The van der Waals surface area contributed by atoms with Crippen molar-refractivity contribution in [2.75, 3.05) is 45.1 Å². The highest BCUT2D eigenvalue weighted by Crippen LogP contribution is 2.36. The number of aromatic amines is 1. The molecule has 3 aliphatic rings. The lowest BCUT2D eigenvalue weighted by Gasteiger charge is -2.41. The van der Waals surface area contributed by atoms with Gasteiger partial charge in [-0.25, -0.2) is 9.97 Å². The molecular weight excluding hydrogens is 711 g/mol. The number of hydrogen-bond donors (Lipinski definition) is 3. The summed E-state index contributed by atoms with van der Waals surface area (Å²) in [5.74, 6) is 0.707. The third-order valence-electron chi connectivity index (χ3n) is 9.88. The first-order valence-electron chi connectivity index (χ1n) is 20.7. The van der Waals surface area contributed by atoms with E-state index in [0.29, 0.717) is 31.7 Å². The van der Waals surface area contributed by atoms with Gasteiger partial charge < -0.3 is 15.5 Å². The molecular formula is C46H67N9O2. The van der Waals surface area contributed by atoms with Crippen molar-refractivity contribution in [3.05, 3.63) is 96.4 Å². The van der Waals surface area contributed by atoms with Crippen molar-refractivity contribution in [1.29, 1.82) is 0 Å². The fourth-order valence-corrected chi connectivity index (χ4v) is 6.85. The summed E-state index contributed by atoms with van der Waals surface area (Å²) < 4.78 is 0. The normalized spacial score (nSPS) is 20.6. The Morgan fingerprint density at radius 2 is 1.84 bits per heavy atom. The molecule has 0 radical (unpaired) electrons. The Kier molecular flexibility index (Phi) is 20.0. The Balaban J connectivity index is 0.000000577. The van der Waals surface area contributed by atoms with Crippen molar-refractivity contribution in [2.24, 2.45) is 10.9 Å². The van der Waals surface area contributed by atoms with Crippen LogP contribution in [0.5, 0.6) is 0 Å². The molecule has 0 bridgehead atoms. The SMILES string of the molecule is C=C1/C=C\C/C(c2cncnc2)=C\CCCN(C(=O)CN2CCCC(NC)(C(=O)Nc3ccc4n[nH]c(/C=C/C)c4c3)C2)C1.C=N/C(=C\C)C1CC1.CC.CCC. The fourth-order valence-electron chi connectivity index (χ4n) is 6.85. The summed E-state index contributed by atoms with van der Waals surface area (Å²) in [5.41, 5.74) is 5.90. The summed E-state index contributed by atoms with van der Waals surface area (Å²) >= 11 is 0. The zero-order chi connectivity index (χ0) is 41.6.